The highest BCUT2D eigenvalue weighted by atomic mass is 16.6. The Kier molecular flexibility index (Phi) is 5.56. The molecule has 0 N–H and O–H groups in total. The number of benzene rings is 1. The normalized spacial score (nSPS) is 14.7. The summed E-state index contributed by atoms with van der Waals surface area (Å²) in [5.41, 5.74) is 0.510. The predicted molar refractivity (Wildman–Crippen MR) is 87.8 cm³/mol. The first-order valence-corrected chi connectivity index (χ1v) is 8.07. The minimum atomic E-state index is -1.11. The molecule has 0 bridgehead atoms. The molecular formula is C18H21NO6. The van der Waals surface area contributed by atoms with Gasteiger partial charge in [0.1, 0.15) is 6.04 Å². The molecule has 1 atom stereocenters. The van der Waals surface area contributed by atoms with E-state index in [4.69, 9.17) is 9.47 Å². The fourth-order valence-corrected chi connectivity index (χ4v) is 2.65. The van der Waals surface area contributed by atoms with Gasteiger partial charge < -0.3 is 9.47 Å². The number of imide groups is 1. The van der Waals surface area contributed by atoms with Gasteiger partial charge in [0.2, 0.25) is 0 Å². The van der Waals surface area contributed by atoms with Crippen LogP contribution in [0.3, 0.4) is 0 Å². The van der Waals surface area contributed by atoms with Gasteiger partial charge in [-0.05, 0) is 31.9 Å². The van der Waals surface area contributed by atoms with Gasteiger partial charge in [-0.1, -0.05) is 26.0 Å². The van der Waals surface area contributed by atoms with Crippen LogP contribution in [0.4, 0.5) is 0 Å². The van der Waals surface area contributed by atoms with Crippen molar-refractivity contribution in [1.29, 1.82) is 0 Å². The Balaban J connectivity index is 2.16. The first-order valence-electron chi connectivity index (χ1n) is 8.07. The van der Waals surface area contributed by atoms with Crippen LogP contribution in [0.2, 0.25) is 0 Å². The van der Waals surface area contributed by atoms with Gasteiger partial charge in [-0.15, -0.1) is 0 Å². The molecule has 0 saturated heterocycles. The standard InChI is InChI=1S/C18H21NO6/c1-10(2)15(18(23)24-9-14(20)25-11(3)4)19-16(21)12-7-5-6-8-13(12)17(19)22/h5-8,10-11,15H,9H2,1-4H3/t15-/m0/s1. The summed E-state index contributed by atoms with van der Waals surface area (Å²) >= 11 is 0. The summed E-state index contributed by atoms with van der Waals surface area (Å²) in [4.78, 5) is 50.0. The molecule has 7 heteroatoms. The second-order valence-electron chi connectivity index (χ2n) is 6.36. The number of rotatable bonds is 6. The molecular weight excluding hydrogens is 326 g/mol. The smallest absolute Gasteiger partial charge is 0.344 e. The van der Waals surface area contributed by atoms with Crippen LogP contribution in [0.25, 0.3) is 0 Å². The van der Waals surface area contributed by atoms with E-state index in [-0.39, 0.29) is 23.1 Å². The molecule has 1 aliphatic heterocycles. The predicted octanol–water partition coefficient (Wildman–Crippen LogP) is 1.80. The molecule has 0 fully saturated rings. The van der Waals surface area contributed by atoms with Gasteiger partial charge in [-0.3, -0.25) is 14.5 Å². The number of amides is 2. The zero-order valence-corrected chi connectivity index (χ0v) is 14.6. The van der Waals surface area contributed by atoms with Crippen LogP contribution in [0.5, 0.6) is 0 Å². The number of ether oxygens (including phenoxy) is 2. The average Bonchev–Trinajstić information content (AvgIpc) is 2.78. The summed E-state index contributed by atoms with van der Waals surface area (Å²) in [6.07, 6.45) is -0.330. The third kappa shape index (κ3) is 3.87. The Labute approximate surface area is 145 Å². The fourth-order valence-electron chi connectivity index (χ4n) is 2.65. The van der Waals surface area contributed by atoms with E-state index in [9.17, 15) is 19.2 Å². The van der Waals surface area contributed by atoms with E-state index in [0.717, 1.165) is 4.90 Å². The highest BCUT2D eigenvalue weighted by Crippen LogP contribution is 2.27. The monoisotopic (exact) mass is 347 g/mol. The molecule has 0 saturated carbocycles. The van der Waals surface area contributed by atoms with Crippen molar-refractivity contribution >= 4 is 23.8 Å². The summed E-state index contributed by atoms with van der Waals surface area (Å²) in [7, 11) is 0. The molecule has 7 nitrogen and oxygen atoms in total. The molecule has 0 unspecified atom stereocenters. The molecule has 1 aliphatic rings. The van der Waals surface area contributed by atoms with Gasteiger partial charge in [0.25, 0.3) is 11.8 Å². The topological polar surface area (TPSA) is 90.0 Å². The van der Waals surface area contributed by atoms with E-state index in [1.807, 2.05) is 0 Å². The highest BCUT2D eigenvalue weighted by molar-refractivity contribution is 6.22. The first kappa shape index (κ1) is 18.6. The Morgan fingerprint density at radius 3 is 1.96 bits per heavy atom. The summed E-state index contributed by atoms with van der Waals surface area (Å²) in [6.45, 7) is 6.18. The molecule has 0 spiro atoms. The van der Waals surface area contributed by atoms with Crippen LogP contribution in [-0.2, 0) is 19.1 Å². The van der Waals surface area contributed by atoms with Gasteiger partial charge in [-0.25, -0.2) is 9.59 Å². The minimum absolute atomic E-state index is 0.255. The fraction of sp³-hybridized carbons (Fsp3) is 0.444. The maximum atomic E-state index is 12.5. The van der Waals surface area contributed by atoms with Crippen LogP contribution >= 0.6 is 0 Å². The maximum absolute atomic E-state index is 12.5. The van der Waals surface area contributed by atoms with Crippen molar-refractivity contribution in [2.24, 2.45) is 5.92 Å². The van der Waals surface area contributed by atoms with E-state index < -0.39 is 36.4 Å². The molecule has 1 aromatic rings. The second-order valence-corrected chi connectivity index (χ2v) is 6.36. The molecule has 1 heterocycles. The van der Waals surface area contributed by atoms with Gasteiger partial charge >= 0.3 is 11.9 Å². The third-order valence-electron chi connectivity index (χ3n) is 3.68. The van der Waals surface area contributed by atoms with E-state index in [0.29, 0.717) is 0 Å². The van der Waals surface area contributed by atoms with Crippen LogP contribution in [0.1, 0.15) is 48.4 Å². The quantitative estimate of drug-likeness (QED) is 0.576. The molecule has 1 aromatic carbocycles. The largest absolute Gasteiger partial charge is 0.460 e. The van der Waals surface area contributed by atoms with Gasteiger partial charge in [0.15, 0.2) is 6.61 Å². The Morgan fingerprint density at radius 1 is 1.00 bits per heavy atom. The van der Waals surface area contributed by atoms with Crippen LogP contribution in [-0.4, -0.2) is 47.4 Å². The van der Waals surface area contributed by atoms with Crippen molar-refractivity contribution in [3.05, 3.63) is 35.4 Å². The zero-order chi connectivity index (χ0) is 18.7. The van der Waals surface area contributed by atoms with Gasteiger partial charge in [-0.2, -0.15) is 0 Å². The van der Waals surface area contributed by atoms with Crippen molar-refractivity contribution in [3.63, 3.8) is 0 Å². The summed E-state index contributed by atoms with van der Waals surface area (Å²) in [5, 5.41) is 0. The lowest BCUT2D eigenvalue weighted by Crippen LogP contribution is -2.49. The van der Waals surface area contributed by atoms with Crippen molar-refractivity contribution < 1.29 is 28.7 Å². The SMILES string of the molecule is CC(C)OC(=O)COC(=O)[C@H](C(C)C)N1C(=O)c2ccccc2C1=O. The van der Waals surface area contributed by atoms with Crippen LogP contribution < -0.4 is 0 Å². The molecule has 25 heavy (non-hydrogen) atoms. The van der Waals surface area contributed by atoms with E-state index in [2.05, 4.69) is 0 Å². The lowest BCUT2D eigenvalue weighted by Gasteiger charge is -2.27. The summed E-state index contributed by atoms with van der Waals surface area (Å²) < 4.78 is 9.87. The third-order valence-corrected chi connectivity index (χ3v) is 3.68. The first-order chi connectivity index (χ1) is 11.7. The number of hydrogen-bond donors (Lipinski definition) is 0. The van der Waals surface area contributed by atoms with E-state index in [1.165, 1.54) is 12.1 Å². The average molecular weight is 347 g/mol. The summed E-state index contributed by atoms with van der Waals surface area (Å²) in [5.74, 6) is -2.96. The minimum Gasteiger partial charge on any atom is -0.460 e. The van der Waals surface area contributed by atoms with Gasteiger partial charge in [0.05, 0.1) is 17.2 Å². The van der Waals surface area contributed by atoms with Crippen LogP contribution in [0.15, 0.2) is 24.3 Å². The van der Waals surface area contributed by atoms with Crippen molar-refractivity contribution in [2.75, 3.05) is 6.61 Å². The Bertz CT molecular complexity index is 674. The zero-order valence-electron chi connectivity index (χ0n) is 14.6. The molecule has 134 valence electrons. The summed E-state index contributed by atoms with van der Waals surface area (Å²) in [6, 6.07) is 5.27. The number of nitrogens with zero attached hydrogens (tertiary/aromatic N) is 1. The van der Waals surface area contributed by atoms with Crippen molar-refractivity contribution in [2.45, 2.75) is 39.8 Å². The molecule has 0 aromatic heterocycles. The molecule has 0 aliphatic carbocycles. The number of carbonyl (C=O) groups is 4. The molecule has 2 amide bonds. The highest BCUT2D eigenvalue weighted by Gasteiger charge is 2.44. The Hall–Kier alpha value is -2.70. The number of hydrogen-bond acceptors (Lipinski definition) is 6. The molecule has 2 rings (SSSR count). The lowest BCUT2D eigenvalue weighted by atomic mass is 10.0. The second kappa shape index (κ2) is 7.46. The van der Waals surface area contributed by atoms with Crippen LogP contribution in [0, 0.1) is 5.92 Å². The Morgan fingerprint density at radius 2 is 1.52 bits per heavy atom. The number of esters is 2. The van der Waals surface area contributed by atoms with Crippen molar-refractivity contribution in [1.82, 2.24) is 4.90 Å². The number of fused-ring (bicyclic) bond motifs is 1. The van der Waals surface area contributed by atoms with Gasteiger partial charge in [0, 0.05) is 0 Å². The van der Waals surface area contributed by atoms with E-state index >= 15 is 0 Å². The van der Waals surface area contributed by atoms with Crippen molar-refractivity contribution in [3.8, 4) is 0 Å². The van der Waals surface area contributed by atoms with E-state index in [1.54, 1.807) is 39.8 Å². The number of carbonyl (C=O) groups excluding carboxylic acids is 4. The molecule has 0 radical (unpaired) electrons. The maximum Gasteiger partial charge on any atom is 0.344 e. The lowest BCUT2D eigenvalue weighted by molar-refractivity contribution is -0.164.